The van der Waals surface area contributed by atoms with Crippen molar-refractivity contribution in [2.24, 2.45) is 5.14 Å². The Morgan fingerprint density at radius 2 is 1.90 bits per heavy atom. The van der Waals surface area contributed by atoms with Crippen LogP contribution in [0.4, 0.5) is 0 Å². The van der Waals surface area contributed by atoms with Gasteiger partial charge in [0.15, 0.2) is 0 Å². The van der Waals surface area contributed by atoms with Crippen LogP contribution in [0, 0.1) is 6.92 Å². The third-order valence-corrected chi connectivity index (χ3v) is 5.84. The molecule has 1 fully saturated rings. The van der Waals surface area contributed by atoms with E-state index in [0.717, 1.165) is 25.7 Å². The number of benzene rings is 1. The summed E-state index contributed by atoms with van der Waals surface area (Å²) in [7, 11) is -3.90. The van der Waals surface area contributed by atoms with Gasteiger partial charge in [-0.15, -0.1) is 0 Å². The zero-order chi connectivity index (χ0) is 15.6. The minimum absolute atomic E-state index is 0.0758. The van der Waals surface area contributed by atoms with Crippen LogP contribution in [-0.4, -0.2) is 20.5 Å². The number of carbonyl (C=O) groups excluding carboxylic acids is 1. The molecule has 0 saturated heterocycles. The van der Waals surface area contributed by atoms with E-state index in [0.29, 0.717) is 10.0 Å². The molecule has 1 aromatic rings. The fourth-order valence-electron chi connectivity index (χ4n) is 2.46. The average molecular weight is 376 g/mol. The maximum absolute atomic E-state index is 12.2. The highest BCUT2D eigenvalue weighted by Crippen LogP contribution is 2.28. The first-order valence-corrected chi connectivity index (χ1v) is 9.17. The Kier molecular flexibility index (Phi) is 5.06. The lowest BCUT2D eigenvalue weighted by atomic mass is 9.98. The first-order chi connectivity index (χ1) is 9.79. The molecule has 21 heavy (non-hydrogen) atoms. The Hall–Kier alpha value is -0.920. The number of halogens is 1. The van der Waals surface area contributed by atoms with Crippen LogP contribution in [0.25, 0.3) is 0 Å². The molecule has 0 heterocycles. The third kappa shape index (κ3) is 4.05. The molecule has 0 amide bonds. The molecule has 1 saturated carbocycles. The lowest BCUT2D eigenvalue weighted by Crippen LogP contribution is -2.21. The maximum Gasteiger partial charge on any atom is 0.338 e. The zero-order valence-electron chi connectivity index (χ0n) is 11.8. The smallest absolute Gasteiger partial charge is 0.338 e. The second-order valence-electron chi connectivity index (χ2n) is 5.32. The lowest BCUT2D eigenvalue weighted by Gasteiger charge is -2.22. The average Bonchev–Trinajstić information content (AvgIpc) is 2.41. The van der Waals surface area contributed by atoms with Gasteiger partial charge >= 0.3 is 5.97 Å². The van der Waals surface area contributed by atoms with Crippen molar-refractivity contribution < 1.29 is 17.9 Å². The van der Waals surface area contributed by atoms with Gasteiger partial charge in [0.2, 0.25) is 10.0 Å². The summed E-state index contributed by atoms with van der Waals surface area (Å²) in [6, 6.07) is 2.86. The van der Waals surface area contributed by atoms with Crippen LogP contribution >= 0.6 is 15.9 Å². The van der Waals surface area contributed by atoms with E-state index in [9.17, 15) is 13.2 Å². The molecule has 1 aromatic carbocycles. The molecule has 2 rings (SSSR count). The van der Waals surface area contributed by atoms with Gasteiger partial charge < -0.3 is 4.74 Å². The SMILES string of the molecule is Cc1cc(C(=O)OC2CCCCC2)cc(S(N)(=O)=O)c1Br. The Morgan fingerprint density at radius 1 is 1.29 bits per heavy atom. The van der Waals surface area contributed by atoms with Gasteiger partial charge in [0, 0.05) is 4.47 Å². The Balaban J connectivity index is 2.27. The third-order valence-electron chi connectivity index (χ3n) is 3.59. The van der Waals surface area contributed by atoms with Crippen molar-refractivity contribution >= 4 is 31.9 Å². The molecule has 0 bridgehead atoms. The summed E-state index contributed by atoms with van der Waals surface area (Å²) in [4.78, 5) is 12.1. The highest BCUT2D eigenvalue weighted by molar-refractivity contribution is 9.10. The van der Waals surface area contributed by atoms with Crippen molar-refractivity contribution in [3.05, 3.63) is 27.7 Å². The molecule has 0 radical (unpaired) electrons. The summed E-state index contributed by atoms with van der Waals surface area (Å²) < 4.78 is 29.0. The fourth-order valence-corrected chi connectivity index (χ4v) is 4.07. The molecule has 0 atom stereocenters. The van der Waals surface area contributed by atoms with E-state index in [-0.39, 0.29) is 16.6 Å². The molecule has 0 aromatic heterocycles. The van der Waals surface area contributed by atoms with E-state index in [1.807, 2.05) is 0 Å². The van der Waals surface area contributed by atoms with Crippen molar-refractivity contribution in [2.45, 2.75) is 50.0 Å². The van der Waals surface area contributed by atoms with Crippen molar-refractivity contribution in [3.63, 3.8) is 0 Å². The Morgan fingerprint density at radius 3 is 2.48 bits per heavy atom. The molecule has 0 aliphatic heterocycles. The number of primary sulfonamides is 1. The summed E-state index contributed by atoms with van der Waals surface area (Å²) in [6.07, 6.45) is 4.93. The van der Waals surface area contributed by atoms with Crippen LogP contribution < -0.4 is 5.14 Å². The van der Waals surface area contributed by atoms with Gasteiger partial charge in [-0.1, -0.05) is 6.42 Å². The predicted molar refractivity (Wildman–Crippen MR) is 82.5 cm³/mol. The van der Waals surface area contributed by atoms with Crippen LogP contribution in [0.1, 0.15) is 48.0 Å². The summed E-state index contributed by atoms with van der Waals surface area (Å²) in [5.74, 6) is -0.498. The van der Waals surface area contributed by atoms with E-state index >= 15 is 0 Å². The van der Waals surface area contributed by atoms with Crippen LogP contribution in [0.15, 0.2) is 21.5 Å². The van der Waals surface area contributed by atoms with Gasteiger partial charge in [-0.05, 0) is 66.2 Å². The van der Waals surface area contributed by atoms with Gasteiger partial charge in [0.1, 0.15) is 6.10 Å². The first kappa shape index (κ1) is 16.5. The highest BCUT2D eigenvalue weighted by atomic mass is 79.9. The van der Waals surface area contributed by atoms with Gasteiger partial charge in [0.05, 0.1) is 10.5 Å². The van der Waals surface area contributed by atoms with E-state index in [1.54, 1.807) is 13.0 Å². The fraction of sp³-hybridized carbons (Fsp3) is 0.500. The summed E-state index contributed by atoms with van der Waals surface area (Å²) in [5, 5.41) is 5.17. The molecular weight excluding hydrogens is 358 g/mol. The number of aryl methyl sites for hydroxylation is 1. The quantitative estimate of drug-likeness (QED) is 0.822. The molecule has 1 aliphatic carbocycles. The number of ether oxygens (including phenoxy) is 1. The second kappa shape index (κ2) is 6.46. The molecule has 2 N–H and O–H groups in total. The Labute approximate surface area is 133 Å². The Bertz CT molecular complexity index is 651. The van der Waals surface area contributed by atoms with Gasteiger partial charge in [0.25, 0.3) is 0 Å². The summed E-state index contributed by atoms with van der Waals surface area (Å²) >= 11 is 3.19. The van der Waals surface area contributed by atoms with Crippen molar-refractivity contribution in [1.82, 2.24) is 0 Å². The molecule has 5 nitrogen and oxygen atoms in total. The topological polar surface area (TPSA) is 86.5 Å². The van der Waals surface area contributed by atoms with Gasteiger partial charge in [-0.25, -0.2) is 18.4 Å². The van der Waals surface area contributed by atoms with Crippen LogP contribution in [-0.2, 0) is 14.8 Å². The number of hydrogen-bond acceptors (Lipinski definition) is 4. The van der Waals surface area contributed by atoms with Crippen molar-refractivity contribution in [2.75, 3.05) is 0 Å². The monoisotopic (exact) mass is 375 g/mol. The van der Waals surface area contributed by atoms with Crippen LogP contribution in [0.3, 0.4) is 0 Å². The second-order valence-corrected chi connectivity index (χ2v) is 7.64. The number of esters is 1. The van der Waals surface area contributed by atoms with E-state index in [4.69, 9.17) is 9.88 Å². The number of hydrogen-bond donors (Lipinski definition) is 1. The standard InChI is InChI=1S/C14H18BrNO4S/c1-9-7-10(8-12(13(9)15)21(16,18)19)14(17)20-11-5-3-2-4-6-11/h7-8,11H,2-6H2,1H3,(H2,16,18,19). The largest absolute Gasteiger partial charge is 0.459 e. The molecule has 0 spiro atoms. The molecule has 116 valence electrons. The molecule has 7 heteroatoms. The van der Waals surface area contributed by atoms with E-state index < -0.39 is 16.0 Å². The van der Waals surface area contributed by atoms with E-state index in [2.05, 4.69) is 15.9 Å². The number of sulfonamides is 1. The summed E-state index contributed by atoms with van der Waals surface area (Å²) in [5.41, 5.74) is 0.836. The molecule has 0 unspecified atom stereocenters. The lowest BCUT2D eigenvalue weighted by molar-refractivity contribution is 0.0210. The van der Waals surface area contributed by atoms with Gasteiger partial charge in [-0.2, -0.15) is 0 Å². The minimum Gasteiger partial charge on any atom is -0.459 e. The summed E-state index contributed by atoms with van der Waals surface area (Å²) in [6.45, 7) is 1.70. The van der Waals surface area contributed by atoms with E-state index in [1.165, 1.54) is 12.5 Å². The first-order valence-electron chi connectivity index (χ1n) is 6.83. The predicted octanol–water partition coefficient (Wildman–Crippen LogP) is 2.89. The number of nitrogens with two attached hydrogens (primary N) is 1. The van der Waals surface area contributed by atoms with Crippen LogP contribution in [0.2, 0.25) is 0 Å². The molecular formula is C14H18BrNO4S. The minimum atomic E-state index is -3.90. The molecule has 1 aliphatic rings. The number of rotatable bonds is 3. The number of carbonyl (C=O) groups is 1. The van der Waals surface area contributed by atoms with Crippen LogP contribution in [0.5, 0.6) is 0 Å². The normalized spacial score (nSPS) is 16.7. The van der Waals surface area contributed by atoms with Crippen molar-refractivity contribution in [3.8, 4) is 0 Å². The zero-order valence-corrected chi connectivity index (χ0v) is 14.2. The maximum atomic E-state index is 12.2. The highest BCUT2D eigenvalue weighted by Gasteiger charge is 2.22. The van der Waals surface area contributed by atoms with Crippen molar-refractivity contribution in [1.29, 1.82) is 0 Å². The van der Waals surface area contributed by atoms with Gasteiger partial charge in [-0.3, -0.25) is 0 Å².